The highest BCUT2D eigenvalue weighted by Gasteiger charge is 2.60. The number of rotatable bonds is 5. The van der Waals surface area contributed by atoms with E-state index in [1.54, 1.807) is 0 Å². The number of nitrogens with zero attached hydrogens (tertiary/aromatic N) is 4. The fraction of sp³-hybridized carbons (Fsp3) is 0.341. The van der Waals surface area contributed by atoms with Crippen LogP contribution in [-0.2, 0) is 27.1 Å². The van der Waals surface area contributed by atoms with Crippen LogP contribution in [0, 0.1) is 0 Å². The Bertz CT molecular complexity index is 4530. The molecular weight excluding hydrogens is 1070 g/mol. The van der Waals surface area contributed by atoms with Crippen LogP contribution in [0.1, 0.15) is 169 Å². The minimum atomic E-state index is -0.197. The summed E-state index contributed by atoms with van der Waals surface area (Å²) in [6.07, 6.45) is 9.42. The molecule has 0 saturated heterocycles. The Morgan fingerprint density at radius 3 is 1.58 bits per heavy atom. The van der Waals surface area contributed by atoms with E-state index in [0.29, 0.717) is 0 Å². The summed E-state index contributed by atoms with van der Waals surface area (Å²) in [5.74, 6) is 0. The first-order chi connectivity index (χ1) is 42.0. The van der Waals surface area contributed by atoms with Gasteiger partial charge >= 0.3 is 0 Å². The molecule has 4 unspecified atom stereocenters. The molecule has 0 amide bonds. The Labute approximate surface area is 523 Å². The van der Waals surface area contributed by atoms with Gasteiger partial charge in [0.25, 0.3) is 6.71 Å². The first-order valence-electron chi connectivity index (χ1n) is 33.0. The maximum atomic E-state index is 7.18. The lowest BCUT2D eigenvalue weighted by Gasteiger charge is -2.51. The first-order valence-corrected chi connectivity index (χ1v) is 33.0. The monoisotopic (exact) mass is 1150 g/mol. The number of benzene rings is 9. The van der Waals surface area contributed by atoms with Crippen molar-refractivity contribution in [3.8, 4) is 11.1 Å². The van der Waals surface area contributed by atoms with Gasteiger partial charge < -0.3 is 24.0 Å². The number of hydrogen-bond acceptors (Lipinski definition) is 5. The lowest BCUT2D eigenvalue weighted by atomic mass is 9.33. The molecule has 6 aliphatic rings. The summed E-state index contributed by atoms with van der Waals surface area (Å²) in [4.78, 5) is 11.0. The minimum Gasteiger partial charge on any atom is -0.454 e. The molecule has 9 aromatic carbocycles. The average molecular weight is 1150 g/mol. The van der Waals surface area contributed by atoms with Gasteiger partial charge in [0.1, 0.15) is 5.58 Å². The van der Waals surface area contributed by atoms with Crippen molar-refractivity contribution >= 4 is 102 Å². The molecule has 1 aromatic heterocycles. The van der Waals surface area contributed by atoms with Gasteiger partial charge in [0.2, 0.25) is 0 Å². The molecule has 0 spiro atoms. The van der Waals surface area contributed by atoms with Gasteiger partial charge in [-0.15, -0.1) is 0 Å². The van der Waals surface area contributed by atoms with Crippen molar-refractivity contribution in [2.75, 3.05) is 19.6 Å². The van der Waals surface area contributed by atoms with E-state index in [2.05, 4.69) is 292 Å². The number of fused-ring (bicyclic) bond motifs is 13. The molecule has 0 N–H and O–H groups in total. The molecule has 5 heterocycles. The zero-order chi connectivity index (χ0) is 60.8. The van der Waals surface area contributed by atoms with Crippen molar-refractivity contribution < 1.29 is 4.42 Å². The highest BCUT2D eigenvalue weighted by molar-refractivity contribution is 7.00. The van der Waals surface area contributed by atoms with Gasteiger partial charge in [0.05, 0.1) is 22.5 Å². The smallest absolute Gasteiger partial charge is 0.252 e. The molecule has 6 heteroatoms. The molecule has 5 nitrogen and oxygen atoms in total. The highest BCUT2D eigenvalue weighted by atomic mass is 16.3. The quantitative estimate of drug-likeness (QED) is 0.160. The molecule has 4 aliphatic heterocycles. The van der Waals surface area contributed by atoms with E-state index in [-0.39, 0.29) is 44.9 Å². The van der Waals surface area contributed by atoms with Gasteiger partial charge in [-0.05, 0) is 172 Å². The van der Waals surface area contributed by atoms with E-state index >= 15 is 0 Å². The Morgan fingerprint density at radius 2 is 0.886 bits per heavy atom. The molecule has 2 fully saturated rings. The van der Waals surface area contributed by atoms with E-state index in [0.717, 1.165) is 46.9 Å². The predicted molar refractivity (Wildman–Crippen MR) is 375 cm³/mol. The van der Waals surface area contributed by atoms with Crippen LogP contribution in [0.25, 0.3) is 33.1 Å². The van der Waals surface area contributed by atoms with Crippen molar-refractivity contribution in [2.24, 2.45) is 0 Å². The summed E-state index contributed by atoms with van der Waals surface area (Å²) in [5.41, 5.74) is 26.8. The lowest BCUT2D eigenvalue weighted by molar-refractivity contribution is 0.195. The Balaban J connectivity index is 1.05. The SMILES string of the molecule is CC(C)(C)c1ccc(N2c3cc(N4c5ccc(C(C)(C)C)cc5C5(C)CCCCC45C)ccc3B3c4ccc(C(C)(C)C)cc4N(c4cccc5c4oc4ccccc45)c4cc(N5c6ccccc6C6(C)CCCCC56C)cc2c43)c(-c2ccccc2)c1. The largest absolute Gasteiger partial charge is 0.454 e. The first kappa shape index (κ1) is 55.4. The van der Waals surface area contributed by atoms with E-state index in [4.69, 9.17) is 4.42 Å². The van der Waals surface area contributed by atoms with E-state index in [1.165, 1.54) is 139 Å². The molecule has 0 bridgehead atoms. The van der Waals surface area contributed by atoms with E-state index < -0.39 is 0 Å². The fourth-order valence-corrected chi connectivity index (χ4v) is 17.9. The van der Waals surface area contributed by atoms with Gasteiger partial charge in [-0.2, -0.15) is 0 Å². The van der Waals surface area contributed by atoms with Crippen molar-refractivity contribution in [3.05, 3.63) is 210 Å². The van der Waals surface area contributed by atoms with E-state index in [9.17, 15) is 0 Å². The summed E-state index contributed by atoms with van der Waals surface area (Å²) in [5, 5.41) is 2.26. The minimum absolute atomic E-state index is 0.0303. The van der Waals surface area contributed by atoms with Crippen LogP contribution >= 0.6 is 0 Å². The maximum absolute atomic E-state index is 7.18. The highest BCUT2D eigenvalue weighted by Crippen LogP contribution is 2.64. The Morgan fingerprint density at radius 1 is 0.386 bits per heavy atom. The van der Waals surface area contributed by atoms with Crippen molar-refractivity contribution in [3.63, 3.8) is 0 Å². The van der Waals surface area contributed by atoms with Gasteiger partial charge in [0.15, 0.2) is 5.58 Å². The summed E-state index contributed by atoms with van der Waals surface area (Å²) >= 11 is 0. The molecule has 4 atom stereocenters. The van der Waals surface area contributed by atoms with E-state index in [1.807, 2.05) is 0 Å². The van der Waals surface area contributed by atoms with Crippen molar-refractivity contribution in [1.82, 2.24) is 0 Å². The van der Waals surface area contributed by atoms with Crippen LogP contribution in [0.5, 0.6) is 0 Å². The van der Waals surface area contributed by atoms with Crippen LogP contribution in [0.2, 0.25) is 0 Å². The third-order valence-corrected chi connectivity index (χ3v) is 23.2. The second kappa shape index (κ2) is 18.8. The topological polar surface area (TPSA) is 26.1 Å². The van der Waals surface area contributed by atoms with Crippen LogP contribution < -0.4 is 36.0 Å². The molecule has 0 radical (unpaired) electrons. The number of hydrogen-bond donors (Lipinski definition) is 0. The fourth-order valence-electron chi connectivity index (χ4n) is 17.9. The van der Waals surface area contributed by atoms with Crippen molar-refractivity contribution in [1.29, 1.82) is 0 Å². The maximum Gasteiger partial charge on any atom is 0.252 e. The third-order valence-electron chi connectivity index (χ3n) is 23.2. The Kier molecular flexibility index (Phi) is 11.8. The molecule has 16 rings (SSSR count). The molecule has 2 aliphatic carbocycles. The zero-order valence-corrected chi connectivity index (χ0v) is 54.3. The number of furan rings is 1. The predicted octanol–water partition coefficient (Wildman–Crippen LogP) is 20.7. The van der Waals surface area contributed by atoms with Gasteiger partial charge in [-0.3, -0.25) is 0 Å². The zero-order valence-electron chi connectivity index (χ0n) is 54.3. The lowest BCUT2D eigenvalue weighted by Crippen LogP contribution is -2.62. The summed E-state index contributed by atoms with van der Waals surface area (Å²) < 4.78 is 7.18. The van der Waals surface area contributed by atoms with Crippen LogP contribution in [0.3, 0.4) is 0 Å². The number of para-hydroxylation sites is 3. The molecule has 2 saturated carbocycles. The second-order valence-electron chi connectivity index (χ2n) is 31.2. The van der Waals surface area contributed by atoms with Crippen molar-refractivity contribution in [2.45, 2.75) is 180 Å². The van der Waals surface area contributed by atoms with Gasteiger partial charge in [-0.25, -0.2) is 0 Å². The summed E-state index contributed by atoms with van der Waals surface area (Å²) in [7, 11) is 0. The average Bonchev–Trinajstić information content (AvgIpc) is 1.12. The van der Waals surface area contributed by atoms with Crippen LogP contribution in [-0.4, -0.2) is 17.8 Å². The molecule has 10 aromatic rings. The number of anilines is 10. The standard InChI is InChI=1S/C82H85BN4O/c1-76(2,3)53-35-40-65(60(46-53)52-26-15-14-16-27-52)84-70-49-56(86-67-41-36-54(77(4,5)6)47-62(67)80(11)43-22-24-45-82(80,86)13)37-39-64(70)83-63-38-34-55(78(7,8)9)48-69(63)85(68-32-25-29-59-58-28-17-20-33-73(58)88-75(59)68)72-51-57(50-71(84)74(72)83)87-66-31-19-18-30-61(66)79(10)42-21-23-44-81(79,87)12/h14-20,25-41,46-51H,21-24,42-45H2,1-13H3. The summed E-state index contributed by atoms with van der Waals surface area (Å²) in [6.45, 7) is 31.5. The van der Waals surface area contributed by atoms with Crippen LogP contribution in [0.4, 0.5) is 56.9 Å². The molecule has 442 valence electrons. The van der Waals surface area contributed by atoms with Gasteiger partial charge in [0, 0.05) is 72.7 Å². The molecule has 88 heavy (non-hydrogen) atoms. The Hall–Kier alpha value is -7.96. The van der Waals surface area contributed by atoms with Crippen LogP contribution in [0.15, 0.2) is 186 Å². The molecular formula is C82H85BN4O. The third kappa shape index (κ3) is 7.65. The second-order valence-corrected chi connectivity index (χ2v) is 31.2. The summed E-state index contributed by atoms with van der Waals surface area (Å²) in [6, 6.07) is 71.4. The van der Waals surface area contributed by atoms with Gasteiger partial charge in [-0.1, -0.05) is 217 Å². The normalized spacial score (nSPS) is 22.8.